The highest BCUT2D eigenvalue weighted by molar-refractivity contribution is 5.39. The molecule has 4 heteroatoms. The van der Waals surface area contributed by atoms with Crippen LogP contribution in [0.4, 0.5) is 10.2 Å². The van der Waals surface area contributed by atoms with E-state index in [2.05, 4.69) is 9.88 Å². The lowest BCUT2D eigenvalue weighted by atomic mass is 10.1. The van der Waals surface area contributed by atoms with Crippen molar-refractivity contribution in [2.75, 3.05) is 24.6 Å². The third-order valence-corrected chi connectivity index (χ3v) is 2.86. The Morgan fingerprint density at radius 1 is 1.53 bits per heavy atom. The van der Waals surface area contributed by atoms with Crippen molar-refractivity contribution in [2.45, 2.75) is 12.8 Å². The van der Waals surface area contributed by atoms with E-state index < -0.39 is 0 Å². The molecule has 0 radical (unpaired) electrons. The Hall–Kier alpha value is -1.16. The predicted molar refractivity (Wildman–Crippen MR) is 56.2 cm³/mol. The second-order valence-corrected chi connectivity index (χ2v) is 3.95. The lowest BCUT2D eigenvalue weighted by molar-refractivity contribution is 0.263. The van der Waals surface area contributed by atoms with Gasteiger partial charge in [0, 0.05) is 19.7 Å². The molecular formula is C11H15FN2O. The first-order valence-electron chi connectivity index (χ1n) is 5.27. The fraction of sp³-hybridized carbons (Fsp3) is 0.545. The van der Waals surface area contributed by atoms with E-state index in [1.807, 2.05) is 0 Å². The summed E-state index contributed by atoms with van der Waals surface area (Å²) in [6, 6.07) is 3.14. The molecule has 0 spiro atoms. The summed E-state index contributed by atoms with van der Waals surface area (Å²) in [6.45, 7) is 2.11. The van der Waals surface area contributed by atoms with Crippen molar-refractivity contribution in [3.63, 3.8) is 0 Å². The van der Waals surface area contributed by atoms with Gasteiger partial charge in [-0.15, -0.1) is 0 Å². The number of rotatable bonds is 3. The van der Waals surface area contributed by atoms with Crippen molar-refractivity contribution in [1.29, 1.82) is 0 Å². The lowest BCUT2D eigenvalue weighted by Crippen LogP contribution is -2.20. The van der Waals surface area contributed by atoms with Crippen LogP contribution in [0.2, 0.25) is 0 Å². The highest BCUT2D eigenvalue weighted by Crippen LogP contribution is 2.23. The van der Waals surface area contributed by atoms with Crippen LogP contribution in [-0.4, -0.2) is 29.8 Å². The molecule has 3 nitrogen and oxygen atoms in total. The zero-order valence-corrected chi connectivity index (χ0v) is 8.56. The van der Waals surface area contributed by atoms with Gasteiger partial charge in [0.1, 0.15) is 11.6 Å². The lowest BCUT2D eigenvalue weighted by Gasteiger charge is -2.16. The number of aromatic nitrogens is 1. The summed E-state index contributed by atoms with van der Waals surface area (Å²) in [6.07, 6.45) is 3.17. The smallest absolute Gasteiger partial charge is 0.141 e. The largest absolute Gasteiger partial charge is 0.396 e. The van der Waals surface area contributed by atoms with Crippen LogP contribution in [0.5, 0.6) is 0 Å². The Morgan fingerprint density at radius 2 is 2.40 bits per heavy atom. The Morgan fingerprint density at radius 3 is 3.07 bits per heavy atom. The fourth-order valence-electron chi connectivity index (χ4n) is 2.01. The summed E-state index contributed by atoms with van der Waals surface area (Å²) in [5.74, 6) is 1.07. The molecule has 1 N–H and O–H groups in total. The minimum Gasteiger partial charge on any atom is -0.396 e. The van der Waals surface area contributed by atoms with Gasteiger partial charge in [-0.05, 0) is 30.9 Å². The SMILES string of the molecule is OCCC1CCN(c2ccc(F)cn2)C1. The predicted octanol–water partition coefficient (Wildman–Crippen LogP) is 1.43. The van der Waals surface area contributed by atoms with E-state index >= 15 is 0 Å². The van der Waals surface area contributed by atoms with Crippen LogP contribution in [0.25, 0.3) is 0 Å². The Labute approximate surface area is 88.6 Å². The average molecular weight is 210 g/mol. The van der Waals surface area contributed by atoms with E-state index in [0.29, 0.717) is 5.92 Å². The number of halogens is 1. The summed E-state index contributed by atoms with van der Waals surface area (Å²) >= 11 is 0. The van der Waals surface area contributed by atoms with E-state index in [1.54, 1.807) is 6.07 Å². The van der Waals surface area contributed by atoms with Crippen molar-refractivity contribution in [2.24, 2.45) is 5.92 Å². The molecule has 1 saturated heterocycles. The highest BCUT2D eigenvalue weighted by atomic mass is 19.1. The maximum absolute atomic E-state index is 12.7. The number of anilines is 1. The molecule has 1 unspecified atom stereocenters. The van der Waals surface area contributed by atoms with Crippen molar-refractivity contribution in [3.05, 3.63) is 24.1 Å². The first kappa shape index (κ1) is 10.4. The van der Waals surface area contributed by atoms with Gasteiger partial charge in [0.25, 0.3) is 0 Å². The number of aliphatic hydroxyl groups excluding tert-OH is 1. The maximum Gasteiger partial charge on any atom is 0.141 e. The number of aliphatic hydroxyl groups is 1. The molecule has 1 atom stereocenters. The van der Waals surface area contributed by atoms with E-state index in [4.69, 9.17) is 5.11 Å². The molecule has 1 aliphatic heterocycles. The zero-order chi connectivity index (χ0) is 10.7. The standard InChI is InChI=1S/C11H15FN2O/c12-10-1-2-11(13-7-10)14-5-3-9(8-14)4-6-15/h1-2,7,9,15H,3-6,8H2. The third kappa shape index (κ3) is 2.45. The second-order valence-electron chi connectivity index (χ2n) is 3.95. The zero-order valence-electron chi connectivity index (χ0n) is 8.56. The number of nitrogens with zero attached hydrogens (tertiary/aromatic N) is 2. The summed E-state index contributed by atoms with van der Waals surface area (Å²) in [5, 5.41) is 8.84. The summed E-state index contributed by atoms with van der Waals surface area (Å²) in [4.78, 5) is 6.18. The Kier molecular flexibility index (Phi) is 3.16. The molecule has 0 aromatic carbocycles. The molecular weight excluding hydrogens is 195 g/mol. The van der Waals surface area contributed by atoms with Crippen molar-refractivity contribution in [3.8, 4) is 0 Å². The number of hydrogen-bond donors (Lipinski definition) is 1. The van der Waals surface area contributed by atoms with E-state index in [-0.39, 0.29) is 12.4 Å². The van der Waals surface area contributed by atoms with Crippen LogP contribution in [0, 0.1) is 11.7 Å². The van der Waals surface area contributed by atoms with Gasteiger partial charge in [-0.1, -0.05) is 0 Å². The van der Waals surface area contributed by atoms with Gasteiger partial charge in [-0.25, -0.2) is 9.37 Å². The van der Waals surface area contributed by atoms with E-state index in [0.717, 1.165) is 31.7 Å². The summed E-state index contributed by atoms with van der Waals surface area (Å²) in [7, 11) is 0. The topological polar surface area (TPSA) is 36.4 Å². The van der Waals surface area contributed by atoms with Gasteiger partial charge in [0.2, 0.25) is 0 Å². The molecule has 82 valence electrons. The van der Waals surface area contributed by atoms with Gasteiger partial charge in [-0.2, -0.15) is 0 Å². The molecule has 1 aromatic rings. The van der Waals surface area contributed by atoms with Crippen molar-refractivity contribution >= 4 is 5.82 Å². The summed E-state index contributed by atoms with van der Waals surface area (Å²) in [5.41, 5.74) is 0. The molecule has 2 heterocycles. The van der Waals surface area contributed by atoms with Crippen LogP contribution in [0.15, 0.2) is 18.3 Å². The minimum absolute atomic E-state index is 0.245. The molecule has 1 aliphatic rings. The molecule has 0 saturated carbocycles. The first-order valence-corrected chi connectivity index (χ1v) is 5.27. The van der Waals surface area contributed by atoms with E-state index in [1.165, 1.54) is 12.3 Å². The van der Waals surface area contributed by atoms with Gasteiger partial charge in [-0.3, -0.25) is 0 Å². The molecule has 0 amide bonds. The van der Waals surface area contributed by atoms with Crippen LogP contribution >= 0.6 is 0 Å². The number of hydrogen-bond acceptors (Lipinski definition) is 3. The van der Waals surface area contributed by atoms with Gasteiger partial charge in [0.15, 0.2) is 0 Å². The second kappa shape index (κ2) is 4.57. The van der Waals surface area contributed by atoms with Crippen LogP contribution in [0.3, 0.4) is 0 Å². The summed E-state index contributed by atoms with van der Waals surface area (Å²) < 4.78 is 12.7. The number of pyridine rings is 1. The van der Waals surface area contributed by atoms with Crippen molar-refractivity contribution < 1.29 is 9.50 Å². The molecule has 2 rings (SSSR count). The minimum atomic E-state index is -0.301. The quantitative estimate of drug-likeness (QED) is 0.820. The molecule has 0 bridgehead atoms. The maximum atomic E-state index is 12.7. The van der Waals surface area contributed by atoms with Gasteiger partial charge in [0.05, 0.1) is 6.20 Å². The van der Waals surface area contributed by atoms with Crippen LogP contribution < -0.4 is 4.90 Å². The van der Waals surface area contributed by atoms with Crippen molar-refractivity contribution in [1.82, 2.24) is 4.98 Å². The first-order chi connectivity index (χ1) is 7.29. The van der Waals surface area contributed by atoms with Crippen LogP contribution in [-0.2, 0) is 0 Å². The molecule has 0 aliphatic carbocycles. The Balaban J connectivity index is 1.98. The molecule has 1 aromatic heterocycles. The molecule has 15 heavy (non-hydrogen) atoms. The Bertz CT molecular complexity index is 315. The van der Waals surface area contributed by atoms with E-state index in [9.17, 15) is 4.39 Å². The monoisotopic (exact) mass is 210 g/mol. The van der Waals surface area contributed by atoms with Gasteiger partial charge < -0.3 is 10.0 Å². The third-order valence-electron chi connectivity index (χ3n) is 2.86. The fourth-order valence-corrected chi connectivity index (χ4v) is 2.01. The van der Waals surface area contributed by atoms with Gasteiger partial charge >= 0.3 is 0 Å². The highest BCUT2D eigenvalue weighted by Gasteiger charge is 2.22. The molecule has 1 fully saturated rings. The average Bonchev–Trinajstić information content (AvgIpc) is 2.68. The normalized spacial score (nSPS) is 20.9. The van der Waals surface area contributed by atoms with Crippen LogP contribution in [0.1, 0.15) is 12.8 Å².